The van der Waals surface area contributed by atoms with Gasteiger partial charge in [0, 0.05) is 5.69 Å². The van der Waals surface area contributed by atoms with E-state index in [-0.39, 0.29) is 18.2 Å². The lowest BCUT2D eigenvalue weighted by Gasteiger charge is -2.25. The van der Waals surface area contributed by atoms with Crippen LogP contribution in [0.3, 0.4) is 0 Å². The van der Waals surface area contributed by atoms with Gasteiger partial charge >= 0.3 is 0 Å². The zero-order chi connectivity index (χ0) is 20.1. The molecule has 0 bridgehead atoms. The highest BCUT2D eigenvalue weighted by molar-refractivity contribution is 6.01. The number of hydrogen-bond donors (Lipinski definition) is 2. The molecule has 0 aliphatic carbocycles. The summed E-state index contributed by atoms with van der Waals surface area (Å²) in [6.45, 7) is 0.474. The van der Waals surface area contributed by atoms with Crippen molar-refractivity contribution in [3.63, 3.8) is 0 Å². The van der Waals surface area contributed by atoms with Crippen molar-refractivity contribution in [1.82, 2.24) is 0 Å². The molecule has 0 spiro atoms. The van der Waals surface area contributed by atoms with Crippen molar-refractivity contribution < 1.29 is 19.1 Å². The maximum absolute atomic E-state index is 12.3. The lowest BCUT2D eigenvalue weighted by molar-refractivity contribution is -0.128. The highest BCUT2D eigenvalue weighted by Gasteiger charge is 2.29. The van der Waals surface area contributed by atoms with Crippen LogP contribution >= 0.6 is 0 Å². The molecule has 0 saturated heterocycles. The Bertz CT molecular complexity index is 1000. The summed E-state index contributed by atoms with van der Waals surface area (Å²) >= 11 is 0. The Morgan fingerprint density at radius 1 is 0.966 bits per heavy atom. The molecular formula is C23H20N2O4. The number of para-hydroxylation sites is 2. The molecule has 0 unspecified atom stereocenters. The SMILES string of the molecule is O=C(C[C@@H]1Oc2ccccc2NC1=O)Nc1ccc(OCc2ccccc2)cc1. The van der Waals surface area contributed by atoms with Gasteiger partial charge in [0.15, 0.2) is 6.10 Å². The van der Waals surface area contributed by atoms with E-state index in [0.717, 1.165) is 5.56 Å². The van der Waals surface area contributed by atoms with E-state index in [0.29, 0.717) is 29.5 Å². The molecule has 0 saturated carbocycles. The molecule has 0 aromatic heterocycles. The predicted molar refractivity (Wildman–Crippen MR) is 110 cm³/mol. The van der Waals surface area contributed by atoms with E-state index in [1.165, 1.54) is 0 Å². The van der Waals surface area contributed by atoms with Crippen LogP contribution in [0, 0.1) is 0 Å². The Morgan fingerprint density at radius 2 is 1.69 bits per heavy atom. The molecule has 6 nitrogen and oxygen atoms in total. The van der Waals surface area contributed by atoms with Crippen LogP contribution in [-0.2, 0) is 16.2 Å². The van der Waals surface area contributed by atoms with Gasteiger partial charge in [0.2, 0.25) is 5.91 Å². The molecule has 2 N–H and O–H groups in total. The van der Waals surface area contributed by atoms with Gasteiger partial charge in [0.05, 0.1) is 12.1 Å². The summed E-state index contributed by atoms with van der Waals surface area (Å²) in [7, 11) is 0. The highest BCUT2D eigenvalue weighted by atomic mass is 16.5. The number of hydrogen-bond acceptors (Lipinski definition) is 4. The molecule has 1 aliphatic heterocycles. The van der Waals surface area contributed by atoms with Gasteiger partial charge in [-0.1, -0.05) is 42.5 Å². The molecule has 1 atom stereocenters. The average Bonchev–Trinajstić information content (AvgIpc) is 2.74. The second-order valence-electron chi connectivity index (χ2n) is 6.64. The van der Waals surface area contributed by atoms with Crippen LogP contribution in [0.4, 0.5) is 11.4 Å². The Morgan fingerprint density at radius 3 is 2.48 bits per heavy atom. The van der Waals surface area contributed by atoms with E-state index in [9.17, 15) is 9.59 Å². The van der Waals surface area contributed by atoms with E-state index < -0.39 is 6.10 Å². The molecule has 3 aromatic rings. The van der Waals surface area contributed by atoms with Crippen LogP contribution in [0.25, 0.3) is 0 Å². The van der Waals surface area contributed by atoms with Crippen molar-refractivity contribution >= 4 is 23.2 Å². The minimum Gasteiger partial charge on any atom is -0.489 e. The number of nitrogens with one attached hydrogen (secondary N) is 2. The van der Waals surface area contributed by atoms with E-state index in [2.05, 4.69) is 10.6 Å². The fourth-order valence-corrected chi connectivity index (χ4v) is 2.98. The number of benzene rings is 3. The molecule has 1 heterocycles. The normalized spacial score (nSPS) is 14.9. The number of anilines is 2. The minimum atomic E-state index is -0.863. The van der Waals surface area contributed by atoms with Crippen molar-refractivity contribution in [2.75, 3.05) is 10.6 Å². The number of amides is 2. The van der Waals surface area contributed by atoms with Gasteiger partial charge < -0.3 is 20.1 Å². The van der Waals surface area contributed by atoms with Gasteiger partial charge in [-0.3, -0.25) is 9.59 Å². The number of rotatable bonds is 6. The summed E-state index contributed by atoms with van der Waals surface area (Å²) in [6.07, 6.45) is -0.940. The number of carbonyl (C=O) groups is 2. The fourth-order valence-electron chi connectivity index (χ4n) is 2.98. The molecule has 0 radical (unpaired) electrons. The molecule has 3 aromatic carbocycles. The van der Waals surface area contributed by atoms with Crippen molar-refractivity contribution in [2.45, 2.75) is 19.1 Å². The van der Waals surface area contributed by atoms with Gasteiger partial charge in [0.25, 0.3) is 5.91 Å². The quantitative estimate of drug-likeness (QED) is 0.669. The smallest absolute Gasteiger partial charge is 0.266 e. The van der Waals surface area contributed by atoms with E-state index >= 15 is 0 Å². The highest BCUT2D eigenvalue weighted by Crippen LogP contribution is 2.29. The van der Waals surface area contributed by atoms with Crippen LogP contribution in [0.15, 0.2) is 78.9 Å². The largest absolute Gasteiger partial charge is 0.489 e. The molecule has 4 rings (SSSR count). The number of ether oxygens (including phenoxy) is 2. The first kappa shape index (κ1) is 18.6. The Kier molecular flexibility index (Phi) is 5.42. The molecule has 0 fully saturated rings. The molecule has 146 valence electrons. The van der Waals surface area contributed by atoms with Crippen LogP contribution < -0.4 is 20.1 Å². The second kappa shape index (κ2) is 8.48. The van der Waals surface area contributed by atoms with Crippen molar-refractivity contribution in [3.05, 3.63) is 84.4 Å². The van der Waals surface area contributed by atoms with Crippen LogP contribution in [0.5, 0.6) is 11.5 Å². The van der Waals surface area contributed by atoms with Crippen molar-refractivity contribution in [3.8, 4) is 11.5 Å². The van der Waals surface area contributed by atoms with E-state index in [1.807, 2.05) is 42.5 Å². The van der Waals surface area contributed by atoms with Gasteiger partial charge in [-0.15, -0.1) is 0 Å². The standard InChI is InChI=1S/C23H20N2O4/c26-22(14-21-23(27)25-19-8-4-5-9-20(19)29-21)24-17-10-12-18(13-11-17)28-15-16-6-2-1-3-7-16/h1-13,21H,14-15H2,(H,24,26)(H,25,27)/t21-/m0/s1. The van der Waals surface area contributed by atoms with E-state index in [4.69, 9.17) is 9.47 Å². The molecule has 29 heavy (non-hydrogen) atoms. The number of carbonyl (C=O) groups excluding carboxylic acids is 2. The zero-order valence-corrected chi connectivity index (χ0v) is 15.6. The Balaban J connectivity index is 1.30. The van der Waals surface area contributed by atoms with Crippen molar-refractivity contribution in [2.24, 2.45) is 0 Å². The van der Waals surface area contributed by atoms with Gasteiger partial charge in [-0.25, -0.2) is 0 Å². The topological polar surface area (TPSA) is 76.7 Å². The third-order valence-electron chi connectivity index (χ3n) is 4.46. The van der Waals surface area contributed by atoms with Crippen LogP contribution in [-0.4, -0.2) is 17.9 Å². The molecule has 6 heteroatoms. The average molecular weight is 388 g/mol. The van der Waals surface area contributed by atoms with Crippen molar-refractivity contribution in [1.29, 1.82) is 0 Å². The van der Waals surface area contributed by atoms with Crippen LogP contribution in [0.1, 0.15) is 12.0 Å². The first-order chi connectivity index (χ1) is 14.2. The zero-order valence-electron chi connectivity index (χ0n) is 15.6. The van der Waals surface area contributed by atoms with Gasteiger partial charge in [0.1, 0.15) is 18.1 Å². The number of fused-ring (bicyclic) bond motifs is 1. The first-order valence-corrected chi connectivity index (χ1v) is 9.30. The maximum Gasteiger partial charge on any atom is 0.266 e. The monoisotopic (exact) mass is 388 g/mol. The summed E-state index contributed by atoms with van der Waals surface area (Å²) in [4.78, 5) is 24.5. The summed E-state index contributed by atoms with van der Waals surface area (Å²) in [6, 6.07) is 24.1. The lowest BCUT2D eigenvalue weighted by Crippen LogP contribution is -2.39. The summed E-state index contributed by atoms with van der Waals surface area (Å²) in [5.41, 5.74) is 2.32. The molecular weight excluding hydrogens is 368 g/mol. The fraction of sp³-hybridized carbons (Fsp3) is 0.130. The lowest BCUT2D eigenvalue weighted by atomic mass is 10.1. The molecule has 1 aliphatic rings. The Labute approximate surface area is 168 Å². The first-order valence-electron chi connectivity index (χ1n) is 9.30. The summed E-state index contributed by atoms with van der Waals surface area (Å²) in [5.74, 6) is 0.634. The third-order valence-corrected chi connectivity index (χ3v) is 4.46. The predicted octanol–water partition coefficient (Wildman–Crippen LogP) is 3.99. The van der Waals surface area contributed by atoms with Gasteiger partial charge in [-0.05, 0) is 42.0 Å². The summed E-state index contributed by atoms with van der Waals surface area (Å²) in [5, 5.41) is 5.53. The van der Waals surface area contributed by atoms with Crippen LogP contribution in [0.2, 0.25) is 0 Å². The third kappa shape index (κ3) is 4.73. The summed E-state index contributed by atoms with van der Waals surface area (Å²) < 4.78 is 11.4. The van der Waals surface area contributed by atoms with Gasteiger partial charge in [-0.2, -0.15) is 0 Å². The maximum atomic E-state index is 12.3. The second-order valence-corrected chi connectivity index (χ2v) is 6.64. The Hall–Kier alpha value is -3.80. The minimum absolute atomic E-state index is 0.0770. The van der Waals surface area contributed by atoms with E-state index in [1.54, 1.807) is 36.4 Å². The molecule has 2 amide bonds.